The summed E-state index contributed by atoms with van der Waals surface area (Å²) in [7, 11) is 3.15. The van der Waals surface area contributed by atoms with Gasteiger partial charge in [0.2, 0.25) is 10.0 Å². The number of ether oxygens (including phenoxy) is 3. The van der Waals surface area contributed by atoms with Crippen molar-refractivity contribution in [1.29, 1.82) is 0 Å². The lowest BCUT2D eigenvalue weighted by Gasteiger charge is -2.33. The predicted octanol–water partition coefficient (Wildman–Crippen LogP) is 2.98. The molecule has 2 heterocycles. The third kappa shape index (κ3) is 6.72. The molecule has 0 unspecified atom stereocenters. The number of fused-ring (bicyclic) bond motifs is 1. The lowest BCUT2D eigenvalue weighted by atomic mass is 10.2. The van der Waals surface area contributed by atoms with Gasteiger partial charge in [0.25, 0.3) is 5.91 Å². The fourth-order valence-electron chi connectivity index (χ4n) is 4.34. The minimum Gasteiger partial charge on any atom is -0.493 e. The van der Waals surface area contributed by atoms with Crippen molar-refractivity contribution in [2.24, 2.45) is 0 Å². The minimum atomic E-state index is -3.80. The van der Waals surface area contributed by atoms with Gasteiger partial charge in [0.1, 0.15) is 0 Å². The number of methoxy groups -OCH3 is 2. The Morgan fingerprint density at radius 2 is 1.61 bits per heavy atom. The second kappa shape index (κ2) is 13.0. The summed E-state index contributed by atoms with van der Waals surface area (Å²) < 4.78 is 44.5. The van der Waals surface area contributed by atoms with Crippen LogP contribution >= 0.6 is 11.3 Å². The van der Waals surface area contributed by atoms with Crippen LogP contribution in [-0.2, 0) is 14.8 Å². The molecule has 2 aromatic carbocycles. The quantitative estimate of drug-likeness (QED) is 0.343. The molecule has 14 heteroatoms. The van der Waals surface area contributed by atoms with E-state index in [1.165, 1.54) is 44.8 Å². The number of benzene rings is 2. The van der Waals surface area contributed by atoms with Crippen LogP contribution in [0.4, 0.5) is 9.93 Å². The summed E-state index contributed by atoms with van der Waals surface area (Å²) >= 11 is 1.36. The molecule has 1 saturated heterocycles. The Hall–Kier alpha value is -3.46. The van der Waals surface area contributed by atoms with Crippen LogP contribution in [0.1, 0.15) is 17.3 Å². The number of nitrogens with zero attached hydrogens (tertiary/aromatic N) is 5. The van der Waals surface area contributed by atoms with E-state index in [9.17, 15) is 18.0 Å². The molecular formula is C27H35N5O7S2. The van der Waals surface area contributed by atoms with Gasteiger partial charge < -0.3 is 24.0 Å². The van der Waals surface area contributed by atoms with E-state index in [1.807, 2.05) is 25.1 Å². The first-order chi connectivity index (χ1) is 19.6. The molecular weight excluding hydrogens is 570 g/mol. The minimum absolute atomic E-state index is 0.0812. The standard InChI is InChI=1S/C27H35N5O7S2/c1-6-39-27(34)30-12-14-31(15-13-30)41(35,36)20-9-7-19(8-10-20)25(33)32(16-11-29(2)3)26-28-21-17-22(37-4)23(38-5)18-24(21)40-26/h7-10,17-18H,6,11-16H2,1-5H3. The van der Waals surface area contributed by atoms with E-state index >= 15 is 0 Å². The van der Waals surface area contributed by atoms with Crippen molar-refractivity contribution in [3.63, 3.8) is 0 Å². The summed E-state index contributed by atoms with van der Waals surface area (Å²) in [6.45, 7) is 3.77. The molecule has 1 fully saturated rings. The molecule has 0 radical (unpaired) electrons. The van der Waals surface area contributed by atoms with Crippen molar-refractivity contribution < 1.29 is 32.2 Å². The molecule has 2 amide bonds. The summed E-state index contributed by atoms with van der Waals surface area (Å²) in [5, 5.41) is 0.512. The molecule has 0 saturated carbocycles. The van der Waals surface area contributed by atoms with Crippen molar-refractivity contribution in [1.82, 2.24) is 19.1 Å². The first kappa shape index (κ1) is 30.5. The van der Waals surface area contributed by atoms with Gasteiger partial charge >= 0.3 is 6.09 Å². The van der Waals surface area contributed by atoms with E-state index in [2.05, 4.69) is 0 Å². The van der Waals surface area contributed by atoms with E-state index in [1.54, 1.807) is 32.1 Å². The van der Waals surface area contributed by atoms with Crippen LogP contribution in [0, 0.1) is 0 Å². The number of piperazine rings is 1. The van der Waals surface area contributed by atoms with Gasteiger partial charge in [0.05, 0.1) is 35.9 Å². The number of thiazole rings is 1. The molecule has 4 rings (SSSR count). The van der Waals surface area contributed by atoms with Crippen LogP contribution in [0.25, 0.3) is 10.2 Å². The van der Waals surface area contributed by atoms with Crippen molar-refractivity contribution in [3.8, 4) is 11.5 Å². The fraction of sp³-hybridized carbons (Fsp3) is 0.444. The zero-order valence-corrected chi connectivity index (χ0v) is 25.5. The fourth-order valence-corrected chi connectivity index (χ4v) is 6.76. The predicted molar refractivity (Wildman–Crippen MR) is 157 cm³/mol. The van der Waals surface area contributed by atoms with Crippen molar-refractivity contribution in [2.75, 3.05) is 79.1 Å². The van der Waals surface area contributed by atoms with Crippen LogP contribution in [0.3, 0.4) is 0 Å². The van der Waals surface area contributed by atoms with Crippen LogP contribution < -0.4 is 14.4 Å². The van der Waals surface area contributed by atoms with Crippen LogP contribution in [0.5, 0.6) is 11.5 Å². The number of likely N-dealkylation sites (N-methyl/N-ethyl adjacent to an activating group) is 1. The first-order valence-electron chi connectivity index (χ1n) is 13.1. The molecule has 1 aliphatic heterocycles. The average Bonchev–Trinajstić information content (AvgIpc) is 3.39. The van der Waals surface area contributed by atoms with E-state index in [4.69, 9.17) is 19.2 Å². The second-order valence-corrected chi connectivity index (χ2v) is 12.5. The number of rotatable bonds is 10. The van der Waals surface area contributed by atoms with Gasteiger partial charge in [-0.05, 0) is 45.3 Å². The lowest BCUT2D eigenvalue weighted by Crippen LogP contribution is -2.50. The van der Waals surface area contributed by atoms with Gasteiger partial charge in [-0.1, -0.05) is 11.3 Å². The summed E-state index contributed by atoms with van der Waals surface area (Å²) in [5.41, 5.74) is 1.01. The Bertz CT molecular complexity index is 1440. The second-order valence-electron chi connectivity index (χ2n) is 9.55. The van der Waals surface area contributed by atoms with E-state index in [-0.39, 0.29) is 43.6 Å². The maximum absolute atomic E-state index is 13.7. The highest BCUT2D eigenvalue weighted by Crippen LogP contribution is 2.37. The Morgan fingerprint density at radius 1 is 0.976 bits per heavy atom. The van der Waals surface area contributed by atoms with Gasteiger partial charge in [-0.15, -0.1) is 0 Å². The summed E-state index contributed by atoms with van der Waals surface area (Å²) in [5.74, 6) is 0.819. The van der Waals surface area contributed by atoms with Crippen LogP contribution in [-0.4, -0.2) is 114 Å². The summed E-state index contributed by atoms with van der Waals surface area (Å²) in [4.78, 5) is 35.5. The zero-order chi connectivity index (χ0) is 29.7. The number of amides is 2. The molecule has 1 aromatic heterocycles. The number of hydrogen-bond acceptors (Lipinski definition) is 10. The SMILES string of the molecule is CCOC(=O)N1CCN(S(=O)(=O)c2ccc(C(=O)N(CCN(C)C)c3nc4cc(OC)c(OC)cc4s3)cc2)CC1. The molecule has 222 valence electrons. The lowest BCUT2D eigenvalue weighted by molar-refractivity contribution is 0.0933. The van der Waals surface area contributed by atoms with Crippen molar-refractivity contribution >= 4 is 48.7 Å². The highest BCUT2D eigenvalue weighted by Gasteiger charge is 2.31. The average molecular weight is 606 g/mol. The van der Waals surface area contributed by atoms with Crippen LogP contribution in [0.2, 0.25) is 0 Å². The van der Waals surface area contributed by atoms with Gasteiger partial charge in [-0.2, -0.15) is 4.31 Å². The smallest absolute Gasteiger partial charge is 0.409 e. The Morgan fingerprint density at radius 3 is 2.20 bits per heavy atom. The number of aromatic nitrogens is 1. The van der Waals surface area contributed by atoms with E-state index < -0.39 is 16.1 Å². The normalized spacial score (nSPS) is 14.3. The highest BCUT2D eigenvalue weighted by molar-refractivity contribution is 7.89. The molecule has 0 spiro atoms. The number of anilines is 1. The van der Waals surface area contributed by atoms with Gasteiger partial charge in [0.15, 0.2) is 16.6 Å². The molecule has 0 atom stereocenters. The molecule has 41 heavy (non-hydrogen) atoms. The Balaban J connectivity index is 1.55. The molecule has 12 nitrogen and oxygen atoms in total. The number of carbonyl (C=O) groups is 2. The third-order valence-electron chi connectivity index (χ3n) is 6.63. The van der Waals surface area contributed by atoms with Gasteiger partial charge in [0, 0.05) is 57.0 Å². The number of sulfonamides is 1. The van der Waals surface area contributed by atoms with E-state index in [0.29, 0.717) is 40.8 Å². The number of carbonyl (C=O) groups excluding carboxylic acids is 2. The van der Waals surface area contributed by atoms with Gasteiger partial charge in [-0.25, -0.2) is 18.2 Å². The highest BCUT2D eigenvalue weighted by atomic mass is 32.2. The maximum atomic E-state index is 13.7. The zero-order valence-electron chi connectivity index (χ0n) is 23.8. The molecule has 0 bridgehead atoms. The van der Waals surface area contributed by atoms with E-state index in [0.717, 1.165) is 4.70 Å². The Kier molecular flexibility index (Phi) is 9.68. The topological polar surface area (TPSA) is 122 Å². The summed E-state index contributed by atoms with van der Waals surface area (Å²) in [6, 6.07) is 9.53. The van der Waals surface area contributed by atoms with Gasteiger partial charge in [-0.3, -0.25) is 9.69 Å². The first-order valence-corrected chi connectivity index (χ1v) is 15.4. The molecule has 0 aliphatic carbocycles. The van der Waals surface area contributed by atoms with Crippen LogP contribution in [0.15, 0.2) is 41.3 Å². The monoisotopic (exact) mass is 605 g/mol. The largest absolute Gasteiger partial charge is 0.493 e. The molecule has 0 N–H and O–H groups in total. The maximum Gasteiger partial charge on any atom is 0.409 e. The third-order valence-corrected chi connectivity index (χ3v) is 9.59. The number of hydrogen-bond donors (Lipinski definition) is 0. The molecule has 3 aromatic rings. The van der Waals surface area contributed by atoms with Crippen molar-refractivity contribution in [2.45, 2.75) is 11.8 Å². The van der Waals surface area contributed by atoms with Crippen molar-refractivity contribution in [3.05, 3.63) is 42.0 Å². The Labute approximate surface area is 244 Å². The molecule has 1 aliphatic rings. The summed E-state index contributed by atoms with van der Waals surface area (Å²) in [6.07, 6.45) is -0.447.